The number of carbonyl (C=O) groups is 1. The minimum atomic E-state index is -0.597. The van der Waals surface area contributed by atoms with E-state index in [0.29, 0.717) is 36.1 Å². The van der Waals surface area contributed by atoms with Gasteiger partial charge in [0.15, 0.2) is 18.1 Å². The van der Waals surface area contributed by atoms with Gasteiger partial charge in [-0.2, -0.15) is 0 Å². The number of hydrogen-bond donors (Lipinski definition) is 0. The second kappa shape index (κ2) is 10.7. The zero-order valence-electron chi connectivity index (χ0n) is 16.5. The molecule has 30 heavy (non-hydrogen) atoms. The van der Waals surface area contributed by atoms with Crippen molar-refractivity contribution in [2.75, 3.05) is 19.8 Å². The molecule has 8 nitrogen and oxygen atoms in total. The molecule has 3 rings (SSSR count). The number of ether oxygens (including phenoxy) is 4. The Balaban J connectivity index is 1.58. The average Bonchev–Trinajstić information content (AvgIpc) is 2.77. The zero-order valence-corrected chi connectivity index (χ0v) is 16.5. The lowest BCUT2D eigenvalue weighted by Crippen LogP contribution is -2.33. The van der Waals surface area contributed by atoms with Crippen LogP contribution in [-0.4, -0.2) is 30.8 Å². The monoisotopic (exact) mass is 410 g/mol. The summed E-state index contributed by atoms with van der Waals surface area (Å²) in [6.07, 6.45) is 2.75. The Hall–Kier alpha value is -3.81. The van der Waals surface area contributed by atoms with Crippen molar-refractivity contribution in [2.45, 2.75) is 13.5 Å². The summed E-state index contributed by atoms with van der Waals surface area (Å²) in [6, 6.07) is 15.7. The quantitative estimate of drug-likeness (QED) is 0.220. The van der Waals surface area contributed by atoms with Crippen LogP contribution < -0.4 is 18.9 Å². The van der Waals surface area contributed by atoms with Crippen molar-refractivity contribution in [1.82, 2.24) is 4.98 Å². The van der Waals surface area contributed by atoms with Gasteiger partial charge in [0, 0.05) is 6.07 Å². The number of rotatable bonds is 10. The van der Waals surface area contributed by atoms with Gasteiger partial charge in [-0.3, -0.25) is 0 Å². The summed E-state index contributed by atoms with van der Waals surface area (Å²) in [4.78, 5) is 16.2. The molecular formula is C22H22N2O6. The Labute approximate surface area is 174 Å². The van der Waals surface area contributed by atoms with Gasteiger partial charge in [0.1, 0.15) is 25.2 Å². The van der Waals surface area contributed by atoms with E-state index in [-0.39, 0.29) is 18.0 Å². The molecule has 0 aliphatic heterocycles. The molecule has 0 fully saturated rings. The first-order chi connectivity index (χ1) is 14.7. The third-order valence-electron chi connectivity index (χ3n) is 3.95. The summed E-state index contributed by atoms with van der Waals surface area (Å²) in [5.41, 5.74) is 0.278. The summed E-state index contributed by atoms with van der Waals surface area (Å²) in [5.74, 6) is 1.17. The van der Waals surface area contributed by atoms with Crippen molar-refractivity contribution >= 4 is 5.97 Å². The maximum absolute atomic E-state index is 12.3. The normalized spacial score (nSPS) is 10.3. The van der Waals surface area contributed by atoms with Crippen LogP contribution in [0.25, 0.3) is 0 Å². The highest BCUT2D eigenvalue weighted by Gasteiger charge is 2.15. The molecule has 3 aromatic rings. The summed E-state index contributed by atoms with van der Waals surface area (Å²) in [7, 11) is 0. The second-order valence-corrected chi connectivity index (χ2v) is 6.04. The molecule has 0 spiro atoms. The van der Waals surface area contributed by atoms with E-state index < -0.39 is 5.97 Å². The third-order valence-corrected chi connectivity index (χ3v) is 3.95. The Kier molecular flexibility index (Phi) is 7.43. The van der Waals surface area contributed by atoms with Crippen LogP contribution >= 0.6 is 0 Å². The van der Waals surface area contributed by atoms with Crippen molar-refractivity contribution in [2.24, 2.45) is 0 Å². The topological polar surface area (TPSA) is 93.8 Å². The molecule has 0 amide bonds. The van der Waals surface area contributed by atoms with Gasteiger partial charge in [-0.15, -0.1) is 0 Å². The lowest BCUT2D eigenvalue weighted by Gasteiger charge is -2.13. The average molecular weight is 410 g/mol. The molecule has 0 unspecified atom stereocenters. The fourth-order valence-corrected chi connectivity index (χ4v) is 2.55. The lowest BCUT2D eigenvalue weighted by atomic mass is 10.2. The van der Waals surface area contributed by atoms with E-state index in [1.165, 1.54) is 18.5 Å². The number of aromatic nitrogens is 2. The molecular weight excluding hydrogens is 388 g/mol. The third kappa shape index (κ3) is 5.84. The molecule has 1 heterocycles. The van der Waals surface area contributed by atoms with Gasteiger partial charge in [0.2, 0.25) is 0 Å². The second-order valence-electron chi connectivity index (χ2n) is 6.04. The van der Waals surface area contributed by atoms with E-state index in [9.17, 15) is 10.0 Å². The van der Waals surface area contributed by atoms with Gasteiger partial charge >= 0.3 is 11.8 Å². The van der Waals surface area contributed by atoms with Crippen LogP contribution in [0.4, 0.5) is 0 Å². The molecule has 0 N–H and O–H groups in total. The molecule has 0 aliphatic rings. The number of esters is 1. The van der Waals surface area contributed by atoms with Crippen LogP contribution in [0.5, 0.6) is 17.2 Å². The molecule has 0 saturated heterocycles. The van der Waals surface area contributed by atoms with Crippen LogP contribution in [0.1, 0.15) is 23.1 Å². The summed E-state index contributed by atoms with van der Waals surface area (Å²) in [5, 5.41) is 11.6. The number of para-hydroxylation sites is 1. The van der Waals surface area contributed by atoms with Gasteiger partial charge < -0.3 is 24.2 Å². The van der Waals surface area contributed by atoms with E-state index in [2.05, 4.69) is 4.98 Å². The first-order valence-corrected chi connectivity index (χ1v) is 9.45. The van der Waals surface area contributed by atoms with Crippen LogP contribution in [0.2, 0.25) is 0 Å². The summed E-state index contributed by atoms with van der Waals surface area (Å²) < 4.78 is 22.6. The zero-order chi connectivity index (χ0) is 21.2. The standard InChI is InChI=1S/C22H22N2O6/c1-2-27-20-15-17(22(25)30-16-21-23-11-6-12-24(21)26)9-10-19(20)29-14-13-28-18-7-4-3-5-8-18/h3-12,15H,2,13-14,16H2,1H3. The van der Waals surface area contributed by atoms with E-state index in [1.807, 2.05) is 37.3 Å². The largest absolute Gasteiger partial charge is 0.711 e. The Morgan fingerprint density at radius 2 is 1.80 bits per heavy atom. The van der Waals surface area contributed by atoms with Crippen molar-refractivity contribution in [3.05, 3.63) is 83.6 Å². The van der Waals surface area contributed by atoms with Crippen LogP contribution in [0.15, 0.2) is 67.0 Å². The molecule has 156 valence electrons. The lowest BCUT2D eigenvalue weighted by molar-refractivity contribution is -0.620. The number of carbonyl (C=O) groups excluding carboxylic acids is 1. The number of benzene rings is 2. The van der Waals surface area contributed by atoms with Crippen molar-refractivity contribution in [3.63, 3.8) is 0 Å². The molecule has 0 bridgehead atoms. The maximum Gasteiger partial charge on any atom is 0.339 e. The van der Waals surface area contributed by atoms with Gasteiger partial charge in [0.05, 0.1) is 18.4 Å². The Bertz CT molecular complexity index is 965. The first-order valence-electron chi connectivity index (χ1n) is 9.45. The minimum absolute atomic E-state index is 0.0919. The van der Waals surface area contributed by atoms with Gasteiger partial charge in [-0.25, -0.2) is 9.52 Å². The van der Waals surface area contributed by atoms with E-state index in [4.69, 9.17) is 18.9 Å². The molecule has 2 aromatic carbocycles. The van der Waals surface area contributed by atoms with E-state index in [1.54, 1.807) is 18.2 Å². The first kappa shape index (κ1) is 20.9. The molecule has 0 radical (unpaired) electrons. The molecule has 1 aromatic heterocycles. The molecule has 0 aliphatic carbocycles. The van der Waals surface area contributed by atoms with E-state index in [0.717, 1.165) is 5.75 Å². The fourth-order valence-electron chi connectivity index (χ4n) is 2.55. The minimum Gasteiger partial charge on any atom is -0.711 e. The smallest absolute Gasteiger partial charge is 0.339 e. The highest BCUT2D eigenvalue weighted by molar-refractivity contribution is 5.90. The Morgan fingerprint density at radius 1 is 1.00 bits per heavy atom. The highest BCUT2D eigenvalue weighted by atomic mass is 16.5. The van der Waals surface area contributed by atoms with E-state index >= 15 is 0 Å². The van der Waals surface area contributed by atoms with Crippen molar-refractivity contribution < 1.29 is 28.5 Å². The SMILES string of the molecule is CCOc1cc(C(=O)OCc2nccc[n+]2[O-])ccc1OCCOc1ccccc1. The molecule has 8 heteroatoms. The number of nitrogens with zero attached hydrogens (tertiary/aromatic N) is 2. The Morgan fingerprint density at radius 3 is 2.57 bits per heavy atom. The highest BCUT2D eigenvalue weighted by Crippen LogP contribution is 2.29. The number of hydrogen-bond acceptors (Lipinski definition) is 7. The summed E-state index contributed by atoms with van der Waals surface area (Å²) in [6.45, 7) is 2.67. The van der Waals surface area contributed by atoms with Crippen LogP contribution in [0, 0.1) is 5.21 Å². The van der Waals surface area contributed by atoms with Gasteiger partial charge in [-0.05, 0) is 42.2 Å². The maximum atomic E-state index is 12.3. The van der Waals surface area contributed by atoms with Crippen molar-refractivity contribution in [1.29, 1.82) is 0 Å². The molecule has 0 saturated carbocycles. The van der Waals surface area contributed by atoms with Crippen molar-refractivity contribution in [3.8, 4) is 17.2 Å². The predicted molar refractivity (Wildman–Crippen MR) is 107 cm³/mol. The summed E-state index contributed by atoms with van der Waals surface area (Å²) >= 11 is 0. The fraction of sp³-hybridized carbons (Fsp3) is 0.227. The predicted octanol–water partition coefficient (Wildman–Crippen LogP) is 2.93. The van der Waals surface area contributed by atoms with Crippen LogP contribution in [-0.2, 0) is 11.3 Å². The van der Waals surface area contributed by atoms with Gasteiger partial charge in [0.25, 0.3) is 0 Å². The molecule has 0 atom stereocenters. The van der Waals surface area contributed by atoms with Gasteiger partial charge in [-0.1, -0.05) is 18.2 Å². The van der Waals surface area contributed by atoms with Crippen LogP contribution in [0.3, 0.4) is 0 Å².